The number of hydrogen-bond acceptors (Lipinski definition) is 5. The fraction of sp³-hybridized carbons (Fsp3) is 0.308. The van der Waals surface area contributed by atoms with E-state index in [1.807, 2.05) is 6.92 Å². The van der Waals surface area contributed by atoms with Crippen LogP contribution in [0.3, 0.4) is 0 Å². The number of nitriles is 1. The van der Waals surface area contributed by atoms with Crippen molar-refractivity contribution in [2.24, 2.45) is 7.05 Å². The normalized spacial score (nSPS) is 12.2. The Hall–Kier alpha value is -2.27. The van der Waals surface area contributed by atoms with Crippen LogP contribution in [0.4, 0.5) is 5.82 Å². The Morgan fingerprint density at radius 1 is 1.35 bits per heavy atom. The van der Waals surface area contributed by atoms with Gasteiger partial charge in [-0.25, -0.2) is 14.9 Å². The topological polar surface area (TPSA) is 102 Å². The summed E-state index contributed by atoms with van der Waals surface area (Å²) in [6, 6.07) is 3.82. The fourth-order valence-corrected chi connectivity index (χ4v) is 2.21. The summed E-state index contributed by atoms with van der Waals surface area (Å²) >= 11 is 0. The summed E-state index contributed by atoms with van der Waals surface area (Å²) in [7, 11) is 1.59. The number of aryl methyl sites for hydroxylation is 3. The Labute approximate surface area is 116 Å². The molecule has 20 heavy (non-hydrogen) atoms. The van der Waals surface area contributed by atoms with Crippen molar-refractivity contribution >= 4 is 5.82 Å². The SMILES string of the molecule is Cc1cc(C#N)c(C)nc1-c1nn(C)c([NH+]([O-])O)c1C. The van der Waals surface area contributed by atoms with Crippen LogP contribution in [-0.4, -0.2) is 20.0 Å². The molecule has 2 heterocycles. The molecule has 2 rings (SSSR count). The highest BCUT2D eigenvalue weighted by molar-refractivity contribution is 5.67. The molecule has 7 nitrogen and oxygen atoms in total. The van der Waals surface area contributed by atoms with Crippen LogP contribution in [0.15, 0.2) is 6.07 Å². The standard InChI is InChI=1S/C13H15N5O2/c1-7-5-10(6-14)9(3)15-11(7)12-8(2)13(18(19)20)17(4)16-12/h5,18-19H,1-4H3. The van der Waals surface area contributed by atoms with Crippen molar-refractivity contribution in [3.8, 4) is 17.5 Å². The second-order valence-electron chi connectivity index (χ2n) is 4.65. The molecule has 0 radical (unpaired) electrons. The van der Waals surface area contributed by atoms with Gasteiger partial charge >= 0.3 is 0 Å². The van der Waals surface area contributed by atoms with Gasteiger partial charge in [-0.15, -0.1) is 0 Å². The maximum atomic E-state index is 11.2. The highest BCUT2D eigenvalue weighted by Crippen LogP contribution is 2.27. The number of aromatic nitrogens is 3. The maximum absolute atomic E-state index is 11.2. The molecule has 104 valence electrons. The Bertz CT molecular complexity index is 713. The zero-order chi connectivity index (χ0) is 15.0. The van der Waals surface area contributed by atoms with E-state index in [9.17, 15) is 10.4 Å². The molecule has 0 aliphatic carbocycles. The van der Waals surface area contributed by atoms with Crippen LogP contribution >= 0.6 is 0 Å². The number of nitrogens with one attached hydrogen (secondary N) is 1. The van der Waals surface area contributed by atoms with Crippen LogP contribution in [0, 0.1) is 37.3 Å². The highest BCUT2D eigenvalue weighted by atomic mass is 16.8. The Morgan fingerprint density at radius 3 is 2.50 bits per heavy atom. The maximum Gasteiger partial charge on any atom is 0.260 e. The van der Waals surface area contributed by atoms with Gasteiger partial charge < -0.3 is 5.21 Å². The predicted octanol–water partition coefficient (Wildman–Crippen LogP) is 0.682. The van der Waals surface area contributed by atoms with E-state index in [1.165, 1.54) is 4.68 Å². The van der Waals surface area contributed by atoms with E-state index >= 15 is 0 Å². The lowest BCUT2D eigenvalue weighted by molar-refractivity contribution is -0.994. The first-order chi connectivity index (χ1) is 9.36. The number of hydrogen-bond donors (Lipinski definition) is 2. The van der Waals surface area contributed by atoms with Crippen LogP contribution in [0.5, 0.6) is 0 Å². The van der Waals surface area contributed by atoms with E-state index in [4.69, 9.17) is 5.26 Å². The minimum Gasteiger partial charge on any atom is -0.594 e. The summed E-state index contributed by atoms with van der Waals surface area (Å²) in [5.41, 5.74) is 3.63. The molecule has 2 aromatic heterocycles. The minimum absolute atomic E-state index is 0.142. The number of quaternary nitrogens is 1. The van der Waals surface area contributed by atoms with Crippen LogP contribution in [-0.2, 0) is 7.05 Å². The van der Waals surface area contributed by atoms with Crippen molar-refractivity contribution in [1.29, 1.82) is 5.26 Å². The van der Waals surface area contributed by atoms with Crippen molar-refractivity contribution in [2.75, 3.05) is 0 Å². The fourth-order valence-electron chi connectivity index (χ4n) is 2.21. The first-order valence-corrected chi connectivity index (χ1v) is 6.02. The van der Waals surface area contributed by atoms with Gasteiger partial charge in [0.05, 0.1) is 22.5 Å². The molecule has 0 saturated heterocycles. The van der Waals surface area contributed by atoms with E-state index in [-0.39, 0.29) is 5.82 Å². The van der Waals surface area contributed by atoms with E-state index in [0.29, 0.717) is 28.2 Å². The molecule has 2 aromatic rings. The second kappa shape index (κ2) is 5.02. The second-order valence-corrected chi connectivity index (χ2v) is 4.65. The third-order valence-electron chi connectivity index (χ3n) is 3.24. The van der Waals surface area contributed by atoms with Crippen molar-refractivity contribution in [3.05, 3.63) is 33.7 Å². The van der Waals surface area contributed by atoms with Gasteiger partial charge in [0.1, 0.15) is 11.8 Å². The third-order valence-corrected chi connectivity index (χ3v) is 3.24. The van der Waals surface area contributed by atoms with E-state index in [2.05, 4.69) is 16.2 Å². The summed E-state index contributed by atoms with van der Waals surface area (Å²) in [5.74, 6) is 0.142. The molecule has 0 aromatic carbocycles. The quantitative estimate of drug-likeness (QED) is 0.783. The first-order valence-electron chi connectivity index (χ1n) is 6.02. The lowest BCUT2D eigenvalue weighted by Gasteiger charge is -2.11. The molecule has 0 aliphatic heterocycles. The molecule has 1 atom stereocenters. The summed E-state index contributed by atoms with van der Waals surface area (Å²) in [6.45, 7) is 5.29. The number of rotatable bonds is 2. The predicted molar refractivity (Wildman–Crippen MR) is 71.1 cm³/mol. The van der Waals surface area contributed by atoms with E-state index < -0.39 is 5.23 Å². The minimum atomic E-state index is -1.02. The average Bonchev–Trinajstić information content (AvgIpc) is 2.67. The smallest absolute Gasteiger partial charge is 0.260 e. The van der Waals surface area contributed by atoms with Gasteiger partial charge in [-0.3, -0.25) is 0 Å². The Kier molecular flexibility index (Phi) is 3.55. The van der Waals surface area contributed by atoms with Crippen LogP contribution in [0.1, 0.15) is 22.4 Å². The van der Waals surface area contributed by atoms with Gasteiger partial charge in [-0.1, -0.05) is 0 Å². The molecular weight excluding hydrogens is 258 g/mol. The summed E-state index contributed by atoms with van der Waals surface area (Å²) in [4.78, 5) is 4.40. The number of pyridine rings is 1. The molecule has 0 fully saturated rings. The highest BCUT2D eigenvalue weighted by Gasteiger charge is 2.21. The Morgan fingerprint density at radius 2 is 2.00 bits per heavy atom. The van der Waals surface area contributed by atoms with Crippen molar-refractivity contribution in [1.82, 2.24) is 14.8 Å². The lowest BCUT2D eigenvalue weighted by atomic mass is 10.1. The zero-order valence-corrected chi connectivity index (χ0v) is 11.7. The van der Waals surface area contributed by atoms with Gasteiger partial charge in [0.2, 0.25) is 0 Å². The first kappa shape index (κ1) is 14.1. The molecule has 0 amide bonds. The number of nitrogens with zero attached hydrogens (tertiary/aromatic N) is 4. The van der Waals surface area contributed by atoms with Gasteiger partial charge in [0, 0.05) is 7.05 Å². The molecule has 7 heteroatoms. The van der Waals surface area contributed by atoms with E-state index in [1.54, 1.807) is 27.0 Å². The van der Waals surface area contributed by atoms with Gasteiger partial charge in [-0.2, -0.15) is 15.6 Å². The van der Waals surface area contributed by atoms with Crippen molar-refractivity contribution in [2.45, 2.75) is 20.8 Å². The Balaban J connectivity index is 2.67. The van der Waals surface area contributed by atoms with E-state index in [0.717, 1.165) is 5.56 Å². The zero-order valence-electron chi connectivity index (χ0n) is 11.7. The van der Waals surface area contributed by atoms with Gasteiger partial charge in [0.15, 0.2) is 0 Å². The lowest BCUT2D eigenvalue weighted by Crippen LogP contribution is -3.00. The molecule has 0 spiro atoms. The largest absolute Gasteiger partial charge is 0.594 e. The molecular formula is C13H15N5O2. The molecule has 0 aliphatic rings. The molecule has 0 bridgehead atoms. The van der Waals surface area contributed by atoms with Crippen molar-refractivity contribution < 1.29 is 10.4 Å². The van der Waals surface area contributed by atoms with Crippen LogP contribution < -0.4 is 5.23 Å². The summed E-state index contributed by atoms with van der Waals surface area (Å²) in [6.07, 6.45) is 0. The van der Waals surface area contributed by atoms with Crippen molar-refractivity contribution in [3.63, 3.8) is 0 Å². The molecule has 1 unspecified atom stereocenters. The summed E-state index contributed by atoms with van der Waals surface area (Å²) < 4.78 is 1.33. The monoisotopic (exact) mass is 273 g/mol. The third kappa shape index (κ3) is 2.16. The molecule has 0 saturated carbocycles. The summed E-state index contributed by atoms with van der Waals surface area (Å²) in [5, 5.41) is 32.6. The van der Waals surface area contributed by atoms with Gasteiger partial charge in [-0.05, 0) is 32.4 Å². The van der Waals surface area contributed by atoms with Gasteiger partial charge in [0.25, 0.3) is 5.82 Å². The average molecular weight is 273 g/mol. The molecule has 2 N–H and O–H groups in total. The van der Waals surface area contributed by atoms with Crippen LogP contribution in [0.2, 0.25) is 0 Å². The van der Waals surface area contributed by atoms with Crippen LogP contribution in [0.25, 0.3) is 11.4 Å².